The molecule has 1 aromatic carbocycles. The van der Waals surface area contributed by atoms with Gasteiger partial charge >= 0.3 is 0 Å². The molecule has 37 heavy (non-hydrogen) atoms. The van der Waals surface area contributed by atoms with Gasteiger partial charge in [0.05, 0.1) is 30.4 Å². The van der Waals surface area contributed by atoms with Crippen molar-refractivity contribution >= 4 is 56.4 Å². The number of benzene rings is 1. The van der Waals surface area contributed by atoms with Crippen LogP contribution < -0.4 is 20.7 Å². The molecule has 0 spiro atoms. The van der Waals surface area contributed by atoms with Gasteiger partial charge in [0.1, 0.15) is 11.6 Å². The summed E-state index contributed by atoms with van der Waals surface area (Å²) >= 11 is 3.83. The summed E-state index contributed by atoms with van der Waals surface area (Å²) in [5.41, 5.74) is 8.91. The van der Waals surface area contributed by atoms with E-state index >= 15 is 0 Å². The maximum atomic E-state index is 13.3. The first-order chi connectivity index (χ1) is 18.0. The third-order valence-corrected chi connectivity index (χ3v) is 8.66. The number of nitrogens with zero attached hydrogens (tertiary/aromatic N) is 5. The van der Waals surface area contributed by atoms with Crippen molar-refractivity contribution in [3.05, 3.63) is 64.1 Å². The Bertz CT molecular complexity index is 1460. The highest BCUT2D eigenvalue weighted by Gasteiger charge is 2.41. The Kier molecular flexibility index (Phi) is 7.22. The van der Waals surface area contributed by atoms with E-state index in [1.54, 1.807) is 23.6 Å². The lowest BCUT2D eigenvalue weighted by molar-refractivity contribution is -0.116. The van der Waals surface area contributed by atoms with Crippen molar-refractivity contribution in [2.24, 2.45) is 5.73 Å². The summed E-state index contributed by atoms with van der Waals surface area (Å²) in [7, 11) is 1.57. The molecule has 0 bridgehead atoms. The molecule has 10 nitrogen and oxygen atoms in total. The van der Waals surface area contributed by atoms with Crippen molar-refractivity contribution in [1.82, 2.24) is 15.2 Å². The number of aromatic nitrogens is 3. The number of rotatable bonds is 7. The van der Waals surface area contributed by atoms with Crippen LogP contribution in [0, 0.1) is 11.3 Å². The Hall–Kier alpha value is -3.73. The van der Waals surface area contributed by atoms with Crippen LogP contribution in [0.25, 0.3) is 0 Å². The van der Waals surface area contributed by atoms with Crippen LogP contribution >= 0.6 is 34.4 Å². The Morgan fingerprint density at radius 3 is 3.00 bits per heavy atom. The van der Waals surface area contributed by atoms with E-state index in [1.807, 2.05) is 24.3 Å². The van der Waals surface area contributed by atoms with E-state index in [0.29, 0.717) is 45.2 Å². The van der Waals surface area contributed by atoms with Crippen molar-refractivity contribution in [2.45, 2.75) is 29.5 Å². The quantitative estimate of drug-likeness (QED) is 0.412. The van der Waals surface area contributed by atoms with Gasteiger partial charge in [-0.2, -0.15) is 5.26 Å². The average molecular weight is 552 g/mol. The van der Waals surface area contributed by atoms with E-state index in [4.69, 9.17) is 10.5 Å². The van der Waals surface area contributed by atoms with Crippen molar-refractivity contribution in [1.29, 1.82) is 5.26 Å². The molecule has 3 N–H and O–H groups in total. The van der Waals surface area contributed by atoms with Gasteiger partial charge in [-0.25, -0.2) is 4.98 Å². The molecule has 1 aliphatic carbocycles. The van der Waals surface area contributed by atoms with Gasteiger partial charge in [-0.05, 0) is 30.5 Å². The van der Waals surface area contributed by atoms with Crippen molar-refractivity contribution < 1.29 is 14.3 Å². The minimum Gasteiger partial charge on any atom is -0.497 e. The molecule has 2 aromatic heterocycles. The average Bonchev–Trinajstić information content (AvgIpc) is 3.59. The summed E-state index contributed by atoms with van der Waals surface area (Å²) in [6.07, 6.45) is 3.30. The summed E-state index contributed by atoms with van der Waals surface area (Å²) in [5.74, 6) is 0.175. The summed E-state index contributed by atoms with van der Waals surface area (Å²) < 4.78 is 5.94. The topological polar surface area (TPSA) is 147 Å². The molecule has 1 aliphatic heterocycles. The number of thiazole rings is 1. The Balaban J connectivity index is 1.46. The lowest BCUT2D eigenvalue weighted by Gasteiger charge is -2.38. The number of nitrogens with one attached hydrogen (secondary N) is 1. The highest BCUT2D eigenvalue weighted by atomic mass is 32.2. The second-order valence-electron chi connectivity index (χ2n) is 8.12. The molecule has 0 saturated heterocycles. The highest BCUT2D eigenvalue weighted by molar-refractivity contribution is 8.01. The number of carbonyl (C=O) groups excluding carboxylic acids is 2. The number of anilines is 2. The van der Waals surface area contributed by atoms with Gasteiger partial charge in [0, 0.05) is 29.3 Å². The number of nitriles is 1. The van der Waals surface area contributed by atoms with E-state index in [2.05, 4.69) is 26.6 Å². The minimum atomic E-state index is -0.588. The smallest absolute Gasteiger partial charge is 0.236 e. The molecule has 1 unspecified atom stereocenters. The van der Waals surface area contributed by atoms with Gasteiger partial charge in [-0.1, -0.05) is 35.2 Å². The van der Waals surface area contributed by atoms with Gasteiger partial charge in [-0.3, -0.25) is 14.5 Å². The number of allylic oxidation sites excluding steroid dienone is 3. The molecule has 13 heteroatoms. The van der Waals surface area contributed by atoms with Gasteiger partial charge in [0.2, 0.25) is 11.0 Å². The third kappa shape index (κ3) is 4.95. The Morgan fingerprint density at radius 1 is 1.38 bits per heavy atom. The number of amides is 1. The molecule has 1 atom stereocenters. The van der Waals surface area contributed by atoms with Gasteiger partial charge in [-0.15, -0.1) is 21.5 Å². The molecule has 188 valence electrons. The van der Waals surface area contributed by atoms with Crippen LogP contribution in [-0.2, 0) is 9.59 Å². The van der Waals surface area contributed by atoms with Crippen LogP contribution in [0.2, 0.25) is 0 Å². The molecule has 0 fully saturated rings. The van der Waals surface area contributed by atoms with E-state index in [0.717, 1.165) is 11.3 Å². The van der Waals surface area contributed by atoms with E-state index in [-0.39, 0.29) is 28.8 Å². The first kappa shape index (κ1) is 24.9. The molecule has 0 radical (unpaired) electrons. The largest absolute Gasteiger partial charge is 0.497 e. The standard InChI is InChI=1S/C24H21N7O3S3/c1-34-14-5-2-4-13(10-14)19-15(11-25)21(26)31(16-6-3-7-17(32)20(16)19)23-29-30-24(37-23)36-12-18(33)28-22-27-8-9-35-22/h2,4-5,8-10,19H,3,6-7,12,26H2,1H3,(H,27,28,33). The van der Waals surface area contributed by atoms with Gasteiger partial charge in [0.15, 0.2) is 15.3 Å². The number of Topliss-reactive ketones (excluding diaryl/α,β-unsaturated/α-hetero) is 1. The third-order valence-electron chi connectivity index (χ3n) is 5.93. The molecular formula is C24H21N7O3S3. The lowest BCUT2D eigenvalue weighted by Crippen LogP contribution is -2.38. The number of hydrogen-bond acceptors (Lipinski definition) is 12. The zero-order chi connectivity index (χ0) is 25.9. The van der Waals surface area contributed by atoms with Gasteiger partial charge in [0.25, 0.3) is 0 Å². The number of thioether (sulfide) groups is 1. The van der Waals surface area contributed by atoms with Crippen LogP contribution in [0.1, 0.15) is 30.7 Å². The number of methoxy groups -OCH3 is 1. The minimum absolute atomic E-state index is 0.0164. The molecule has 0 saturated carbocycles. The number of ether oxygens (including phenoxy) is 1. The first-order valence-electron chi connectivity index (χ1n) is 11.3. The summed E-state index contributed by atoms with van der Waals surface area (Å²) in [6.45, 7) is 0. The fourth-order valence-electron chi connectivity index (χ4n) is 4.38. The molecule has 3 aromatic rings. The summed E-state index contributed by atoms with van der Waals surface area (Å²) in [5, 5.41) is 24.2. The zero-order valence-electron chi connectivity index (χ0n) is 19.6. The second kappa shape index (κ2) is 10.7. The highest BCUT2D eigenvalue weighted by Crippen LogP contribution is 2.47. The van der Waals surface area contributed by atoms with E-state index in [1.165, 1.54) is 34.4 Å². The molecular weight excluding hydrogens is 531 g/mol. The monoisotopic (exact) mass is 551 g/mol. The van der Waals surface area contributed by atoms with Gasteiger partial charge < -0.3 is 15.8 Å². The lowest BCUT2D eigenvalue weighted by atomic mass is 9.76. The SMILES string of the molecule is COc1cccc(C2C(C#N)=C(N)N(c3nnc(SCC(=O)Nc4nccs4)s3)C3=C2C(=O)CCC3)c1. The predicted molar refractivity (Wildman–Crippen MR) is 142 cm³/mol. The number of ketones is 1. The fraction of sp³-hybridized carbons (Fsp3) is 0.250. The molecule has 5 rings (SSSR count). The number of hydrogen-bond donors (Lipinski definition) is 2. The molecule has 2 aliphatic rings. The first-order valence-corrected chi connectivity index (χ1v) is 13.9. The fourth-order valence-corrected chi connectivity index (χ4v) is 6.60. The number of nitrogens with two attached hydrogens (primary N) is 1. The van der Waals surface area contributed by atoms with E-state index in [9.17, 15) is 14.9 Å². The van der Waals surface area contributed by atoms with Crippen molar-refractivity contribution in [2.75, 3.05) is 23.1 Å². The normalized spacial score (nSPS) is 17.5. The van der Waals surface area contributed by atoms with Crippen molar-refractivity contribution in [3.8, 4) is 11.8 Å². The Morgan fingerprint density at radius 2 is 2.24 bits per heavy atom. The molecule has 1 amide bonds. The second-order valence-corrected chi connectivity index (χ2v) is 11.2. The van der Waals surface area contributed by atoms with Crippen LogP contribution in [0.5, 0.6) is 5.75 Å². The summed E-state index contributed by atoms with van der Waals surface area (Å²) in [6, 6.07) is 9.58. The zero-order valence-corrected chi connectivity index (χ0v) is 22.1. The molecule has 3 heterocycles. The predicted octanol–water partition coefficient (Wildman–Crippen LogP) is 4.04. The number of carbonyl (C=O) groups is 2. The summed E-state index contributed by atoms with van der Waals surface area (Å²) in [4.78, 5) is 31.2. The van der Waals surface area contributed by atoms with Crippen LogP contribution in [0.15, 0.2) is 62.8 Å². The van der Waals surface area contributed by atoms with Crippen LogP contribution in [-0.4, -0.2) is 39.7 Å². The van der Waals surface area contributed by atoms with Crippen molar-refractivity contribution in [3.63, 3.8) is 0 Å². The van der Waals surface area contributed by atoms with Crippen LogP contribution in [0.3, 0.4) is 0 Å². The Labute approximate surface area is 224 Å². The van der Waals surface area contributed by atoms with Crippen LogP contribution in [0.4, 0.5) is 10.3 Å². The maximum Gasteiger partial charge on any atom is 0.236 e. The maximum absolute atomic E-state index is 13.3. The van der Waals surface area contributed by atoms with E-state index < -0.39 is 5.92 Å².